The molecule has 0 fully saturated rings. The van der Waals surface area contributed by atoms with Crippen LogP contribution in [0.3, 0.4) is 0 Å². The van der Waals surface area contributed by atoms with Crippen LogP contribution in [0.15, 0.2) is 60.7 Å². The first-order chi connectivity index (χ1) is 15.6. The maximum Gasteiger partial charge on any atom is 0.201 e. The van der Waals surface area contributed by atoms with Crippen molar-refractivity contribution in [2.24, 2.45) is 0 Å². The van der Waals surface area contributed by atoms with Crippen LogP contribution >= 0.6 is 0 Å². The predicted molar refractivity (Wildman–Crippen MR) is 130 cm³/mol. The van der Waals surface area contributed by atoms with Gasteiger partial charge in [-0.1, -0.05) is 94.5 Å². The first kappa shape index (κ1) is 24.0. The van der Waals surface area contributed by atoms with Gasteiger partial charge in [0.1, 0.15) is 0 Å². The molecule has 0 amide bonds. The Kier molecular flexibility index (Phi) is 9.27. The van der Waals surface area contributed by atoms with Crippen molar-refractivity contribution in [3.8, 4) is 28.0 Å². The van der Waals surface area contributed by atoms with E-state index in [1.807, 2.05) is 31.2 Å². The van der Waals surface area contributed by atoms with Crippen molar-refractivity contribution in [3.63, 3.8) is 0 Å². The molecule has 0 spiro atoms. The first-order valence-electron chi connectivity index (χ1n) is 11.9. The molecule has 0 saturated heterocycles. The predicted octanol–water partition coefficient (Wildman–Crippen LogP) is 8.99. The van der Waals surface area contributed by atoms with Crippen molar-refractivity contribution in [2.45, 2.75) is 65.2 Å². The van der Waals surface area contributed by atoms with Crippen molar-refractivity contribution in [2.75, 3.05) is 6.61 Å². The van der Waals surface area contributed by atoms with Crippen LogP contribution in [0.4, 0.5) is 8.78 Å². The summed E-state index contributed by atoms with van der Waals surface area (Å²) in [7, 11) is 0. The second-order valence-corrected chi connectivity index (χ2v) is 8.38. The number of benzene rings is 3. The SMILES string of the molecule is CCCCCCCCc1ccc(-c2ccc(-c3ccc(OCCC)c(F)c3F)cc2)cc1. The van der Waals surface area contributed by atoms with Crippen LogP contribution in [0.2, 0.25) is 0 Å². The summed E-state index contributed by atoms with van der Waals surface area (Å²) in [4.78, 5) is 0. The van der Waals surface area contributed by atoms with Gasteiger partial charge in [-0.2, -0.15) is 4.39 Å². The molecule has 3 aromatic rings. The van der Waals surface area contributed by atoms with Crippen LogP contribution in [0, 0.1) is 11.6 Å². The van der Waals surface area contributed by atoms with E-state index in [1.54, 1.807) is 6.07 Å². The molecule has 3 rings (SSSR count). The summed E-state index contributed by atoms with van der Waals surface area (Å²) in [6, 6.07) is 19.3. The molecular weight excluding hydrogens is 402 g/mol. The zero-order valence-electron chi connectivity index (χ0n) is 19.3. The van der Waals surface area contributed by atoms with Gasteiger partial charge in [-0.3, -0.25) is 0 Å². The van der Waals surface area contributed by atoms with Crippen LogP contribution in [0.25, 0.3) is 22.3 Å². The molecule has 0 atom stereocenters. The highest BCUT2D eigenvalue weighted by molar-refractivity contribution is 5.71. The second kappa shape index (κ2) is 12.4. The minimum Gasteiger partial charge on any atom is -0.490 e. The molecule has 0 heterocycles. The van der Waals surface area contributed by atoms with Gasteiger partial charge in [0, 0.05) is 5.56 Å². The Hall–Kier alpha value is -2.68. The Labute approximate surface area is 191 Å². The largest absolute Gasteiger partial charge is 0.490 e. The molecule has 0 aliphatic carbocycles. The third kappa shape index (κ3) is 6.41. The van der Waals surface area contributed by atoms with E-state index in [4.69, 9.17) is 4.74 Å². The van der Waals surface area contributed by atoms with Gasteiger partial charge in [-0.25, -0.2) is 4.39 Å². The van der Waals surface area contributed by atoms with Gasteiger partial charge in [-0.05, 0) is 53.6 Å². The summed E-state index contributed by atoms with van der Waals surface area (Å²) in [6.07, 6.45) is 9.70. The van der Waals surface area contributed by atoms with E-state index in [2.05, 4.69) is 31.2 Å². The Morgan fingerprint density at radius 1 is 0.594 bits per heavy atom. The Morgan fingerprint density at radius 2 is 1.19 bits per heavy atom. The molecule has 0 unspecified atom stereocenters. The summed E-state index contributed by atoms with van der Waals surface area (Å²) in [6.45, 7) is 4.53. The molecule has 3 aromatic carbocycles. The van der Waals surface area contributed by atoms with E-state index >= 15 is 0 Å². The Bertz CT molecular complexity index is 962. The number of unbranched alkanes of at least 4 members (excludes halogenated alkanes) is 5. The van der Waals surface area contributed by atoms with E-state index in [9.17, 15) is 8.78 Å². The molecule has 0 aromatic heterocycles. The van der Waals surface area contributed by atoms with Crippen molar-refractivity contribution in [3.05, 3.63) is 77.9 Å². The molecule has 32 heavy (non-hydrogen) atoms. The number of aryl methyl sites for hydroxylation is 1. The highest BCUT2D eigenvalue weighted by atomic mass is 19.2. The van der Waals surface area contributed by atoms with Gasteiger partial charge in [-0.15, -0.1) is 0 Å². The molecule has 1 nitrogen and oxygen atoms in total. The summed E-state index contributed by atoms with van der Waals surface area (Å²) in [5.74, 6) is -1.84. The monoisotopic (exact) mass is 436 g/mol. The van der Waals surface area contributed by atoms with Crippen molar-refractivity contribution < 1.29 is 13.5 Å². The quantitative estimate of drug-likeness (QED) is 0.257. The highest BCUT2D eigenvalue weighted by Gasteiger charge is 2.15. The summed E-state index contributed by atoms with van der Waals surface area (Å²) < 4.78 is 34.2. The lowest BCUT2D eigenvalue weighted by Gasteiger charge is -2.11. The van der Waals surface area contributed by atoms with E-state index in [0.717, 1.165) is 24.0 Å². The maximum atomic E-state index is 14.6. The molecule has 0 N–H and O–H groups in total. The lowest BCUT2D eigenvalue weighted by molar-refractivity contribution is 0.295. The zero-order valence-corrected chi connectivity index (χ0v) is 19.3. The molecular formula is C29H34F2O. The fraction of sp³-hybridized carbons (Fsp3) is 0.379. The molecule has 0 saturated carbocycles. The normalized spacial score (nSPS) is 11.0. The van der Waals surface area contributed by atoms with Crippen LogP contribution in [-0.4, -0.2) is 6.61 Å². The van der Waals surface area contributed by atoms with Crippen molar-refractivity contribution in [1.29, 1.82) is 0 Å². The zero-order chi connectivity index (χ0) is 22.8. The smallest absolute Gasteiger partial charge is 0.201 e. The van der Waals surface area contributed by atoms with Gasteiger partial charge >= 0.3 is 0 Å². The summed E-state index contributed by atoms with van der Waals surface area (Å²) >= 11 is 0. The van der Waals surface area contributed by atoms with Gasteiger partial charge in [0.2, 0.25) is 5.82 Å². The average molecular weight is 437 g/mol. The van der Waals surface area contributed by atoms with Gasteiger partial charge in [0.05, 0.1) is 6.61 Å². The number of hydrogen-bond donors (Lipinski definition) is 0. The fourth-order valence-electron chi connectivity index (χ4n) is 3.89. The third-order valence-electron chi connectivity index (χ3n) is 5.81. The lowest BCUT2D eigenvalue weighted by Crippen LogP contribution is -2.00. The van der Waals surface area contributed by atoms with Gasteiger partial charge < -0.3 is 4.74 Å². The topological polar surface area (TPSA) is 9.23 Å². The first-order valence-corrected chi connectivity index (χ1v) is 11.9. The molecule has 170 valence electrons. The van der Waals surface area contributed by atoms with Crippen molar-refractivity contribution >= 4 is 0 Å². The Morgan fingerprint density at radius 3 is 1.84 bits per heavy atom. The van der Waals surface area contributed by atoms with E-state index < -0.39 is 11.6 Å². The molecule has 0 aliphatic heterocycles. The van der Waals surface area contributed by atoms with Crippen molar-refractivity contribution in [1.82, 2.24) is 0 Å². The second-order valence-electron chi connectivity index (χ2n) is 8.38. The lowest BCUT2D eigenvalue weighted by atomic mass is 9.98. The molecule has 0 radical (unpaired) electrons. The highest BCUT2D eigenvalue weighted by Crippen LogP contribution is 2.31. The van der Waals surface area contributed by atoms with Gasteiger partial charge in [0.15, 0.2) is 11.6 Å². The average Bonchev–Trinajstić information content (AvgIpc) is 2.83. The third-order valence-corrected chi connectivity index (χ3v) is 5.81. The van der Waals surface area contributed by atoms with Crippen LogP contribution in [0.1, 0.15) is 64.4 Å². The fourth-order valence-corrected chi connectivity index (χ4v) is 3.89. The number of ether oxygens (including phenoxy) is 1. The maximum absolute atomic E-state index is 14.6. The summed E-state index contributed by atoms with van der Waals surface area (Å²) in [5, 5.41) is 0. The molecule has 0 aliphatic rings. The standard InChI is InChI=1S/C29H34F2O/c1-3-5-6-7-8-9-10-22-11-13-23(14-12-22)24-15-17-25(18-16-24)26-19-20-27(32-21-4-2)29(31)28(26)30/h11-20H,3-10,21H2,1-2H3. The van der Waals surface area contributed by atoms with Crippen LogP contribution in [-0.2, 0) is 6.42 Å². The Balaban J connectivity index is 1.62. The van der Waals surface area contributed by atoms with E-state index in [1.165, 1.54) is 50.2 Å². The van der Waals surface area contributed by atoms with Gasteiger partial charge in [0.25, 0.3) is 0 Å². The number of rotatable bonds is 12. The minimum atomic E-state index is -0.930. The molecule has 3 heteroatoms. The minimum absolute atomic E-state index is 0.0363. The van der Waals surface area contributed by atoms with Crippen LogP contribution < -0.4 is 4.74 Å². The number of halogens is 2. The summed E-state index contributed by atoms with van der Waals surface area (Å²) in [5.41, 5.74) is 4.43. The molecule has 0 bridgehead atoms. The number of hydrogen-bond acceptors (Lipinski definition) is 1. The van der Waals surface area contributed by atoms with Crippen LogP contribution in [0.5, 0.6) is 5.75 Å². The van der Waals surface area contributed by atoms with E-state index in [0.29, 0.717) is 12.2 Å². The van der Waals surface area contributed by atoms with E-state index in [-0.39, 0.29) is 11.3 Å².